The van der Waals surface area contributed by atoms with Crippen LogP contribution in [0.4, 0.5) is 0 Å². The summed E-state index contributed by atoms with van der Waals surface area (Å²) in [6, 6.07) is 16.2. The molecule has 0 saturated heterocycles. The Hall–Kier alpha value is -2.67. The fourth-order valence-electron chi connectivity index (χ4n) is 1.96. The molecule has 25 heavy (non-hydrogen) atoms. The van der Waals surface area contributed by atoms with Crippen LogP contribution in [0.15, 0.2) is 64.2 Å². The Morgan fingerprint density at radius 2 is 1.72 bits per heavy atom. The van der Waals surface area contributed by atoms with Gasteiger partial charge < -0.3 is 9.84 Å². The number of hydrazone groups is 1. The third kappa shape index (κ3) is 6.76. The summed E-state index contributed by atoms with van der Waals surface area (Å²) in [4.78, 5) is 22.7. The molecule has 2 aromatic carbocycles. The third-order valence-electron chi connectivity index (χ3n) is 3.18. The number of carboxylic acid groups (broad SMARTS) is 1. The van der Waals surface area contributed by atoms with Crippen molar-refractivity contribution in [1.82, 2.24) is 5.43 Å². The molecule has 0 aromatic heterocycles. The van der Waals surface area contributed by atoms with Crippen LogP contribution in [0.5, 0.6) is 5.75 Å². The summed E-state index contributed by atoms with van der Waals surface area (Å²) in [5.74, 6) is -0.781. The first-order valence-corrected chi connectivity index (χ1v) is 8.35. The molecule has 0 aliphatic carbocycles. The molecule has 2 rings (SSSR count). The lowest BCUT2D eigenvalue weighted by atomic mass is 10.1. The molecule has 1 amide bonds. The van der Waals surface area contributed by atoms with Gasteiger partial charge in [0.2, 0.25) is 0 Å². The van der Waals surface area contributed by atoms with E-state index >= 15 is 0 Å². The van der Waals surface area contributed by atoms with Crippen LogP contribution >= 0.6 is 15.9 Å². The second kappa shape index (κ2) is 9.58. The van der Waals surface area contributed by atoms with E-state index in [1.807, 2.05) is 42.5 Å². The van der Waals surface area contributed by atoms with Crippen LogP contribution in [0.25, 0.3) is 0 Å². The van der Waals surface area contributed by atoms with Gasteiger partial charge in [0.15, 0.2) is 6.61 Å². The van der Waals surface area contributed by atoms with Gasteiger partial charge in [-0.3, -0.25) is 9.59 Å². The summed E-state index contributed by atoms with van der Waals surface area (Å²) >= 11 is 3.32. The molecule has 0 fully saturated rings. The molecule has 0 atom stereocenters. The van der Waals surface area contributed by atoms with Gasteiger partial charge in [0.25, 0.3) is 5.91 Å². The van der Waals surface area contributed by atoms with Crippen molar-refractivity contribution in [3.05, 3.63) is 64.6 Å². The van der Waals surface area contributed by atoms with Crippen LogP contribution in [-0.2, 0) is 9.59 Å². The summed E-state index contributed by atoms with van der Waals surface area (Å²) in [7, 11) is 0. The third-order valence-corrected chi connectivity index (χ3v) is 3.71. The van der Waals surface area contributed by atoms with Gasteiger partial charge >= 0.3 is 5.97 Å². The topological polar surface area (TPSA) is 88.0 Å². The standard InChI is InChI=1S/C18H17BrN2O4/c19-14-6-8-15(9-7-14)25-12-17(22)21-20-16(10-11-18(23)24)13-4-2-1-3-5-13/h1-9H,10-12H2,(H,21,22)(H,23,24). The first-order valence-electron chi connectivity index (χ1n) is 7.55. The molecule has 2 N–H and O–H groups in total. The van der Waals surface area contributed by atoms with E-state index in [1.54, 1.807) is 12.1 Å². The molecule has 0 unspecified atom stereocenters. The molecule has 0 radical (unpaired) electrons. The smallest absolute Gasteiger partial charge is 0.303 e. The van der Waals surface area contributed by atoms with Gasteiger partial charge in [0, 0.05) is 10.9 Å². The Morgan fingerprint density at radius 1 is 1.04 bits per heavy atom. The van der Waals surface area contributed by atoms with E-state index in [-0.39, 0.29) is 19.4 Å². The zero-order chi connectivity index (χ0) is 18.1. The number of aliphatic carboxylic acids is 1. The van der Waals surface area contributed by atoms with Crippen molar-refractivity contribution in [2.45, 2.75) is 12.8 Å². The Labute approximate surface area is 153 Å². The average molecular weight is 405 g/mol. The van der Waals surface area contributed by atoms with Crippen LogP contribution < -0.4 is 10.2 Å². The number of nitrogens with zero attached hydrogens (tertiary/aromatic N) is 1. The highest BCUT2D eigenvalue weighted by atomic mass is 79.9. The summed E-state index contributed by atoms with van der Waals surface area (Å²) in [5.41, 5.74) is 3.67. The van der Waals surface area contributed by atoms with Crippen molar-refractivity contribution in [3.8, 4) is 5.75 Å². The zero-order valence-electron chi connectivity index (χ0n) is 13.3. The van der Waals surface area contributed by atoms with Crippen molar-refractivity contribution < 1.29 is 19.4 Å². The van der Waals surface area contributed by atoms with Gasteiger partial charge in [-0.25, -0.2) is 5.43 Å². The molecule has 130 valence electrons. The highest BCUT2D eigenvalue weighted by molar-refractivity contribution is 9.10. The van der Waals surface area contributed by atoms with E-state index < -0.39 is 11.9 Å². The van der Waals surface area contributed by atoms with Crippen LogP contribution in [0.2, 0.25) is 0 Å². The molecule has 0 bridgehead atoms. The molecule has 0 aliphatic heterocycles. The summed E-state index contributed by atoms with van der Waals surface area (Å²) in [6.45, 7) is -0.188. The van der Waals surface area contributed by atoms with Gasteiger partial charge in [-0.15, -0.1) is 0 Å². The number of carboxylic acids is 1. The monoisotopic (exact) mass is 404 g/mol. The second-order valence-corrected chi connectivity index (χ2v) is 6.01. The summed E-state index contributed by atoms with van der Waals surface area (Å²) < 4.78 is 6.28. The minimum Gasteiger partial charge on any atom is -0.484 e. The van der Waals surface area contributed by atoms with E-state index in [9.17, 15) is 9.59 Å². The SMILES string of the molecule is O=C(O)CCC(=NNC(=O)COc1ccc(Br)cc1)c1ccccc1. The Kier molecular flexibility index (Phi) is 7.16. The van der Waals surface area contributed by atoms with E-state index in [4.69, 9.17) is 9.84 Å². The van der Waals surface area contributed by atoms with Crippen molar-refractivity contribution in [3.63, 3.8) is 0 Å². The molecule has 0 spiro atoms. The highest BCUT2D eigenvalue weighted by Gasteiger charge is 2.08. The lowest BCUT2D eigenvalue weighted by molar-refractivity contribution is -0.136. The number of amides is 1. The van der Waals surface area contributed by atoms with Crippen molar-refractivity contribution in [2.24, 2.45) is 5.10 Å². The maximum Gasteiger partial charge on any atom is 0.303 e. The number of hydrogen-bond donors (Lipinski definition) is 2. The second-order valence-electron chi connectivity index (χ2n) is 5.10. The van der Waals surface area contributed by atoms with Gasteiger partial charge in [0.05, 0.1) is 12.1 Å². The van der Waals surface area contributed by atoms with Gasteiger partial charge in [-0.2, -0.15) is 5.10 Å². The summed E-state index contributed by atoms with van der Waals surface area (Å²) in [5, 5.41) is 12.9. The zero-order valence-corrected chi connectivity index (χ0v) is 14.9. The van der Waals surface area contributed by atoms with Crippen LogP contribution in [-0.4, -0.2) is 29.3 Å². The minimum atomic E-state index is -0.923. The molecule has 2 aromatic rings. The van der Waals surface area contributed by atoms with Gasteiger partial charge in [-0.1, -0.05) is 46.3 Å². The number of carbonyl (C=O) groups is 2. The highest BCUT2D eigenvalue weighted by Crippen LogP contribution is 2.15. The summed E-state index contributed by atoms with van der Waals surface area (Å²) in [6.07, 6.45) is 0.145. The lowest BCUT2D eigenvalue weighted by Crippen LogP contribution is -2.26. The van der Waals surface area contributed by atoms with Crippen LogP contribution in [0, 0.1) is 0 Å². The molecular formula is C18H17BrN2O4. The quantitative estimate of drug-likeness (QED) is 0.522. The molecule has 7 heteroatoms. The average Bonchev–Trinajstić information content (AvgIpc) is 2.62. The number of carbonyl (C=O) groups excluding carboxylic acids is 1. The number of halogens is 1. The normalized spacial score (nSPS) is 11.0. The fraction of sp³-hybridized carbons (Fsp3) is 0.167. The molecular weight excluding hydrogens is 388 g/mol. The van der Waals surface area contributed by atoms with Crippen molar-refractivity contribution in [2.75, 3.05) is 6.61 Å². The van der Waals surface area contributed by atoms with E-state index in [0.717, 1.165) is 10.0 Å². The van der Waals surface area contributed by atoms with Crippen molar-refractivity contribution >= 4 is 33.5 Å². The Bertz CT molecular complexity index is 745. The number of rotatable bonds is 8. The number of ether oxygens (including phenoxy) is 1. The predicted octanol–water partition coefficient (Wildman–Crippen LogP) is 3.21. The Morgan fingerprint density at radius 3 is 2.36 bits per heavy atom. The van der Waals surface area contributed by atoms with Crippen molar-refractivity contribution in [1.29, 1.82) is 0 Å². The Balaban J connectivity index is 1.95. The first-order chi connectivity index (χ1) is 12.0. The maximum atomic E-state index is 11.9. The minimum absolute atomic E-state index is 0.0704. The van der Waals surface area contributed by atoms with E-state index in [2.05, 4.69) is 26.5 Å². The lowest BCUT2D eigenvalue weighted by Gasteiger charge is -2.08. The predicted molar refractivity (Wildman–Crippen MR) is 97.6 cm³/mol. The number of nitrogens with one attached hydrogen (secondary N) is 1. The van der Waals surface area contributed by atoms with E-state index in [1.165, 1.54) is 0 Å². The first kappa shape index (κ1) is 18.7. The largest absolute Gasteiger partial charge is 0.484 e. The van der Waals surface area contributed by atoms with Crippen LogP contribution in [0.3, 0.4) is 0 Å². The molecule has 6 nitrogen and oxygen atoms in total. The van der Waals surface area contributed by atoms with Gasteiger partial charge in [-0.05, 0) is 29.8 Å². The fourth-order valence-corrected chi connectivity index (χ4v) is 2.23. The number of hydrogen-bond acceptors (Lipinski definition) is 4. The number of benzene rings is 2. The maximum absolute atomic E-state index is 11.9. The van der Waals surface area contributed by atoms with Gasteiger partial charge in [0.1, 0.15) is 5.75 Å². The van der Waals surface area contributed by atoms with E-state index in [0.29, 0.717) is 11.5 Å². The molecule has 0 saturated carbocycles. The molecule has 0 aliphatic rings. The van der Waals surface area contributed by atoms with Crippen LogP contribution in [0.1, 0.15) is 18.4 Å². The molecule has 0 heterocycles.